The first kappa shape index (κ1) is 17.3. The maximum absolute atomic E-state index is 11.5. The molecule has 1 aliphatic heterocycles. The molecule has 0 unspecified atom stereocenters. The molecule has 1 saturated heterocycles. The number of rotatable bonds is 5. The Morgan fingerprint density at radius 1 is 1.29 bits per heavy atom. The maximum atomic E-state index is 11.5. The van der Waals surface area contributed by atoms with E-state index in [9.17, 15) is 4.79 Å². The van der Waals surface area contributed by atoms with E-state index in [2.05, 4.69) is 39.1 Å². The Hall–Kier alpha value is -1.50. The summed E-state index contributed by atoms with van der Waals surface area (Å²) in [5.41, 5.74) is 0. The fourth-order valence-electron chi connectivity index (χ4n) is 4.09. The molecule has 1 aromatic rings. The monoisotopic (exact) mass is 334 g/mol. The van der Waals surface area contributed by atoms with Gasteiger partial charge < -0.3 is 4.90 Å². The Morgan fingerprint density at radius 2 is 2.04 bits per heavy atom. The van der Waals surface area contributed by atoms with Crippen molar-refractivity contribution in [2.24, 2.45) is 5.92 Å². The summed E-state index contributed by atoms with van der Waals surface area (Å²) in [5.74, 6) is 1.71. The number of carbonyl (C=O) groups excluding carboxylic acids is 1. The zero-order valence-corrected chi connectivity index (χ0v) is 15.2. The SMILES string of the molecule is CC(=O)N1CC[C@H](CN(C)[C@@H](C)c2nnnn2C2CCCCC2)C1. The number of carbonyl (C=O) groups is 1. The highest BCUT2D eigenvalue weighted by Crippen LogP contribution is 2.30. The van der Waals surface area contributed by atoms with Crippen molar-refractivity contribution < 1.29 is 4.79 Å². The van der Waals surface area contributed by atoms with E-state index in [0.29, 0.717) is 12.0 Å². The molecule has 0 bridgehead atoms. The van der Waals surface area contributed by atoms with Crippen LogP contribution >= 0.6 is 0 Å². The van der Waals surface area contributed by atoms with Crippen LogP contribution in [0.3, 0.4) is 0 Å². The lowest BCUT2D eigenvalue weighted by Crippen LogP contribution is -2.33. The molecule has 1 aromatic heterocycles. The molecule has 0 N–H and O–H groups in total. The minimum absolute atomic E-state index is 0.188. The van der Waals surface area contributed by atoms with Gasteiger partial charge in [0, 0.05) is 26.6 Å². The van der Waals surface area contributed by atoms with Crippen molar-refractivity contribution in [2.75, 3.05) is 26.7 Å². The predicted molar refractivity (Wildman–Crippen MR) is 91.3 cm³/mol. The molecule has 2 fully saturated rings. The quantitative estimate of drug-likeness (QED) is 0.824. The largest absolute Gasteiger partial charge is 0.343 e. The number of tetrazole rings is 1. The summed E-state index contributed by atoms with van der Waals surface area (Å²) in [5, 5.41) is 12.6. The van der Waals surface area contributed by atoms with Gasteiger partial charge >= 0.3 is 0 Å². The molecule has 1 aliphatic carbocycles. The number of nitrogens with zero attached hydrogens (tertiary/aromatic N) is 6. The average Bonchev–Trinajstić information content (AvgIpc) is 3.24. The minimum Gasteiger partial charge on any atom is -0.343 e. The summed E-state index contributed by atoms with van der Waals surface area (Å²) in [6, 6.07) is 0.646. The number of likely N-dealkylation sites (tertiary alicyclic amines) is 1. The molecule has 0 aromatic carbocycles. The first-order valence-electron chi connectivity index (χ1n) is 9.29. The van der Waals surface area contributed by atoms with E-state index in [1.165, 1.54) is 32.1 Å². The second-order valence-electron chi connectivity index (χ2n) is 7.51. The molecule has 134 valence electrons. The normalized spacial score (nSPS) is 23.8. The van der Waals surface area contributed by atoms with Crippen molar-refractivity contribution in [3.63, 3.8) is 0 Å². The van der Waals surface area contributed by atoms with Gasteiger partial charge in [0.1, 0.15) is 0 Å². The van der Waals surface area contributed by atoms with Gasteiger partial charge in [-0.1, -0.05) is 19.3 Å². The van der Waals surface area contributed by atoms with Gasteiger partial charge in [0.2, 0.25) is 5.91 Å². The third-order valence-electron chi connectivity index (χ3n) is 5.75. The second kappa shape index (κ2) is 7.59. The van der Waals surface area contributed by atoms with E-state index >= 15 is 0 Å². The molecule has 1 saturated carbocycles. The summed E-state index contributed by atoms with van der Waals surface area (Å²) in [6.45, 7) is 6.58. The molecular weight excluding hydrogens is 304 g/mol. The Kier molecular flexibility index (Phi) is 5.48. The smallest absolute Gasteiger partial charge is 0.219 e. The topological polar surface area (TPSA) is 67.2 Å². The molecule has 7 nitrogen and oxygen atoms in total. The van der Waals surface area contributed by atoms with Crippen LogP contribution in [-0.4, -0.2) is 62.6 Å². The van der Waals surface area contributed by atoms with E-state index in [1.807, 2.05) is 4.90 Å². The zero-order valence-electron chi connectivity index (χ0n) is 15.2. The molecule has 24 heavy (non-hydrogen) atoms. The van der Waals surface area contributed by atoms with Crippen LogP contribution in [0.5, 0.6) is 0 Å². The molecule has 0 spiro atoms. The number of hydrogen-bond donors (Lipinski definition) is 0. The summed E-state index contributed by atoms with van der Waals surface area (Å²) >= 11 is 0. The summed E-state index contributed by atoms with van der Waals surface area (Å²) in [4.78, 5) is 15.8. The van der Waals surface area contributed by atoms with Gasteiger partial charge in [-0.3, -0.25) is 9.69 Å². The lowest BCUT2D eigenvalue weighted by atomic mass is 9.95. The highest BCUT2D eigenvalue weighted by atomic mass is 16.2. The van der Waals surface area contributed by atoms with Gasteiger partial charge in [0.15, 0.2) is 5.82 Å². The molecule has 2 aliphatic rings. The van der Waals surface area contributed by atoms with E-state index in [0.717, 1.165) is 31.9 Å². The van der Waals surface area contributed by atoms with Gasteiger partial charge in [0.25, 0.3) is 0 Å². The first-order chi connectivity index (χ1) is 11.6. The van der Waals surface area contributed by atoms with Crippen molar-refractivity contribution in [3.8, 4) is 0 Å². The van der Waals surface area contributed by atoms with Crippen molar-refractivity contribution in [2.45, 2.75) is 64.5 Å². The van der Waals surface area contributed by atoms with Crippen LogP contribution in [0.4, 0.5) is 0 Å². The fraction of sp³-hybridized carbons (Fsp3) is 0.882. The Morgan fingerprint density at radius 3 is 2.71 bits per heavy atom. The summed E-state index contributed by atoms with van der Waals surface area (Å²) < 4.78 is 2.07. The Labute approximate surface area is 144 Å². The van der Waals surface area contributed by atoms with Gasteiger partial charge in [-0.2, -0.15) is 0 Å². The highest BCUT2D eigenvalue weighted by Gasteiger charge is 2.29. The molecule has 2 heterocycles. The third kappa shape index (κ3) is 3.77. The highest BCUT2D eigenvalue weighted by molar-refractivity contribution is 5.73. The van der Waals surface area contributed by atoms with Crippen LogP contribution in [0.1, 0.15) is 70.3 Å². The number of amides is 1. The molecule has 2 atom stereocenters. The maximum Gasteiger partial charge on any atom is 0.219 e. The standard InChI is InChI=1S/C17H30N6O/c1-13(21(3)11-15-9-10-22(12-15)14(2)24)17-18-19-20-23(17)16-7-5-4-6-8-16/h13,15-16H,4-12H2,1-3H3/t13-,15+/m0/s1. The fourth-order valence-corrected chi connectivity index (χ4v) is 4.09. The lowest BCUT2D eigenvalue weighted by molar-refractivity contribution is -0.127. The minimum atomic E-state index is 0.188. The average molecular weight is 334 g/mol. The summed E-state index contributed by atoms with van der Waals surface area (Å²) in [7, 11) is 2.14. The van der Waals surface area contributed by atoms with E-state index in [1.54, 1.807) is 6.92 Å². The van der Waals surface area contributed by atoms with Crippen molar-refractivity contribution in [1.29, 1.82) is 0 Å². The Bertz CT molecular complexity index is 553. The van der Waals surface area contributed by atoms with Crippen LogP contribution in [0.2, 0.25) is 0 Å². The molecule has 3 rings (SSSR count). The van der Waals surface area contributed by atoms with Crippen LogP contribution in [-0.2, 0) is 4.79 Å². The molecular formula is C17H30N6O. The van der Waals surface area contributed by atoms with Crippen molar-refractivity contribution in [1.82, 2.24) is 30.0 Å². The van der Waals surface area contributed by atoms with Crippen LogP contribution in [0.25, 0.3) is 0 Å². The van der Waals surface area contributed by atoms with E-state index in [4.69, 9.17) is 0 Å². The van der Waals surface area contributed by atoms with Crippen LogP contribution in [0.15, 0.2) is 0 Å². The van der Waals surface area contributed by atoms with E-state index < -0.39 is 0 Å². The Balaban J connectivity index is 1.61. The van der Waals surface area contributed by atoms with Crippen molar-refractivity contribution >= 4 is 5.91 Å². The van der Waals surface area contributed by atoms with Crippen LogP contribution < -0.4 is 0 Å². The van der Waals surface area contributed by atoms with Crippen molar-refractivity contribution in [3.05, 3.63) is 5.82 Å². The first-order valence-corrected chi connectivity index (χ1v) is 9.29. The van der Waals surface area contributed by atoms with Gasteiger partial charge in [-0.25, -0.2) is 4.68 Å². The van der Waals surface area contributed by atoms with Crippen LogP contribution in [0, 0.1) is 5.92 Å². The number of hydrogen-bond acceptors (Lipinski definition) is 5. The van der Waals surface area contributed by atoms with Gasteiger partial charge in [-0.05, 0) is 49.6 Å². The molecule has 1 amide bonds. The lowest BCUT2D eigenvalue weighted by Gasteiger charge is -2.29. The molecule has 0 radical (unpaired) electrons. The van der Waals surface area contributed by atoms with Gasteiger partial charge in [0.05, 0.1) is 12.1 Å². The van der Waals surface area contributed by atoms with Gasteiger partial charge in [-0.15, -0.1) is 5.10 Å². The molecule has 7 heteroatoms. The summed E-state index contributed by atoms with van der Waals surface area (Å²) in [6.07, 6.45) is 7.34. The van der Waals surface area contributed by atoms with E-state index in [-0.39, 0.29) is 11.9 Å². The zero-order chi connectivity index (χ0) is 17.1. The second-order valence-corrected chi connectivity index (χ2v) is 7.51. The number of aromatic nitrogens is 4. The predicted octanol–water partition coefficient (Wildman–Crippen LogP) is 2.04. The third-order valence-corrected chi connectivity index (χ3v) is 5.75.